The third-order valence-electron chi connectivity index (χ3n) is 4.92. The number of rotatable bonds is 4. The van der Waals surface area contributed by atoms with E-state index >= 15 is 0 Å². The number of nitrogens with one attached hydrogen (secondary N) is 1. The molecule has 0 bridgehead atoms. The predicted molar refractivity (Wildman–Crippen MR) is 102 cm³/mol. The van der Waals surface area contributed by atoms with Crippen molar-refractivity contribution in [3.8, 4) is 0 Å². The van der Waals surface area contributed by atoms with Crippen molar-refractivity contribution < 1.29 is 13.4 Å². The summed E-state index contributed by atoms with van der Waals surface area (Å²) in [6.45, 7) is 5.15. The zero-order valence-electron chi connectivity index (χ0n) is 14.8. The lowest BCUT2D eigenvalue weighted by Gasteiger charge is -2.40. The number of benzene rings is 1. The number of piperidine rings is 1. The van der Waals surface area contributed by atoms with Gasteiger partial charge in [-0.1, -0.05) is 6.07 Å². The molecule has 3 rings (SSSR count). The Bertz CT molecular complexity index is 787. The molecule has 2 aromatic rings. The van der Waals surface area contributed by atoms with Gasteiger partial charge in [0.2, 0.25) is 0 Å². The monoisotopic (exact) mass is 395 g/mol. The highest BCUT2D eigenvalue weighted by atomic mass is 32.2. The molecular formula is C18H22FN3O2S2. The molecule has 5 nitrogen and oxygen atoms in total. The van der Waals surface area contributed by atoms with E-state index in [1.807, 2.05) is 13.8 Å². The summed E-state index contributed by atoms with van der Waals surface area (Å²) in [4.78, 5) is 14.6. The summed E-state index contributed by atoms with van der Waals surface area (Å²) in [5.41, 5.74) is 0. The molecule has 26 heavy (non-hydrogen) atoms. The van der Waals surface area contributed by atoms with E-state index in [0.717, 1.165) is 17.8 Å². The van der Waals surface area contributed by atoms with Crippen molar-refractivity contribution in [3.63, 3.8) is 0 Å². The second kappa shape index (κ2) is 7.84. The van der Waals surface area contributed by atoms with Gasteiger partial charge in [-0.25, -0.2) is 9.18 Å². The normalized spacial score (nSPS) is 17.1. The van der Waals surface area contributed by atoms with Crippen LogP contribution in [0.2, 0.25) is 0 Å². The Labute approximate surface area is 159 Å². The Balaban J connectivity index is 1.61. The van der Waals surface area contributed by atoms with Crippen molar-refractivity contribution in [2.75, 3.05) is 18.4 Å². The van der Waals surface area contributed by atoms with Crippen molar-refractivity contribution in [1.82, 2.24) is 9.27 Å². The fourth-order valence-corrected chi connectivity index (χ4v) is 5.34. The molecule has 1 aliphatic rings. The van der Waals surface area contributed by atoms with Crippen LogP contribution < -0.4 is 5.32 Å². The number of aromatic nitrogens is 1. The summed E-state index contributed by atoms with van der Waals surface area (Å²) >= 11 is 1.24. The van der Waals surface area contributed by atoms with Crippen LogP contribution in [-0.2, 0) is 10.8 Å². The number of amides is 2. The average molecular weight is 396 g/mol. The Morgan fingerprint density at radius 2 is 2.08 bits per heavy atom. The second-order valence-electron chi connectivity index (χ2n) is 6.90. The van der Waals surface area contributed by atoms with E-state index in [2.05, 4.69) is 9.69 Å². The summed E-state index contributed by atoms with van der Waals surface area (Å²) in [5.74, 6) is -0.180. The topological polar surface area (TPSA) is 62.3 Å². The van der Waals surface area contributed by atoms with Gasteiger partial charge in [0.1, 0.15) is 10.8 Å². The number of hydrogen-bond acceptors (Lipinski definition) is 4. The number of halogens is 1. The van der Waals surface area contributed by atoms with Crippen LogP contribution in [0.25, 0.3) is 0 Å². The third kappa shape index (κ3) is 4.12. The minimum Gasteiger partial charge on any atom is -0.324 e. The highest BCUT2D eigenvalue weighted by Crippen LogP contribution is 2.35. The van der Waals surface area contributed by atoms with E-state index in [1.165, 1.54) is 23.7 Å². The first-order chi connectivity index (χ1) is 12.4. The van der Waals surface area contributed by atoms with Crippen molar-refractivity contribution in [2.24, 2.45) is 5.92 Å². The summed E-state index contributed by atoms with van der Waals surface area (Å²) in [6.07, 6.45) is 3.19. The molecule has 1 aromatic heterocycles. The third-order valence-corrected chi connectivity index (χ3v) is 7.55. The average Bonchev–Trinajstić information content (AvgIpc) is 3.14. The van der Waals surface area contributed by atoms with Gasteiger partial charge in [0, 0.05) is 28.9 Å². The Hall–Kier alpha value is -1.80. The van der Waals surface area contributed by atoms with Crippen LogP contribution in [0.4, 0.5) is 14.2 Å². The lowest BCUT2D eigenvalue weighted by Crippen LogP contribution is -2.47. The molecule has 0 saturated carbocycles. The summed E-state index contributed by atoms with van der Waals surface area (Å²) < 4.78 is 29.9. The minimum absolute atomic E-state index is 0.128. The van der Waals surface area contributed by atoms with Gasteiger partial charge >= 0.3 is 6.03 Å². The highest BCUT2D eigenvalue weighted by molar-refractivity contribution is 7.86. The number of hydrogen-bond donors (Lipinski definition) is 1. The van der Waals surface area contributed by atoms with Crippen LogP contribution in [0.5, 0.6) is 0 Å². The van der Waals surface area contributed by atoms with Crippen molar-refractivity contribution >= 4 is 33.4 Å². The number of urea groups is 1. The molecule has 1 saturated heterocycles. The molecule has 8 heteroatoms. The summed E-state index contributed by atoms with van der Waals surface area (Å²) in [7, 11) is -1.32. The zero-order chi connectivity index (χ0) is 18.7. The summed E-state index contributed by atoms with van der Waals surface area (Å²) in [5, 5.41) is 3.57. The molecule has 140 valence electrons. The fourth-order valence-electron chi connectivity index (χ4n) is 3.28. The molecule has 1 aromatic carbocycles. The first-order valence-corrected chi connectivity index (χ1v) is 10.4. The van der Waals surface area contributed by atoms with Gasteiger partial charge in [-0.2, -0.15) is 4.37 Å². The predicted octanol–water partition coefficient (Wildman–Crippen LogP) is 4.11. The standard InChI is InChI=1S/C18H22FN3O2S2/c1-18(2,26(24)15-5-3-4-14(19)12-15)13-7-10-22(11-8-13)17(23)21-16-6-9-20-25-16/h3-6,9,12-13H,7-8,10-11H2,1-2H3,(H,21,23). The molecule has 0 aliphatic carbocycles. The van der Waals surface area contributed by atoms with Crippen LogP contribution in [0.15, 0.2) is 41.4 Å². The Morgan fingerprint density at radius 3 is 2.69 bits per heavy atom. The van der Waals surface area contributed by atoms with E-state index in [9.17, 15) is 13.4 Å². The number of anilines is 1. The molecule has 1 atom stereocenters. The Kier molecular flexibility index (Phi) is 5.72. The molecule has 2 amide bonds. The minimum atomic E-state index is -1.32. The van der Waals surface area contributed by atoms with E-state index in [1.54, 1.807) is 29.3 Å². The largest absolute Gasteiger partial charge is 0.324 e. The van der Waals surface area contributed by atoms with Gasteiger partial charge in [0.05, 0.1) is 10.8 Å². The Morgan fingerprint density at radius 1 is 1.35 bits per heavy atom. The molecule has 1 unspecified atom stereocenters. The van der Waals surface area contributed by atoms with Gasteiger partial charge in [-0.3, -0.25) is 9.53 Å². The summed E-state index contributed by atoms with van der Waals surface area (Å²) in [6, 6.07) is 7.63. The molecule has 2 heterocycles. The number of nitrogens with zero attached hydrogens (tertiary/aromatic N) is 2. The maximum absolute atomic E-state index is 13.5. The van der Waals surface area contributed by atoms with Gasteiger partial charge in [-0.15, -0.1) is 0 Å². The van der Waals surface area contributed by atoms with E-state index in [4.69, 9.17) is 0 Å². The lowest BCUT2D eigenvalue weighted by molar-refractivity contribution is 0.172. The molecule has 1 aliphatic heterocycles. The second-order valence-corrected chi connectivity index (χ2v) is 9.79. The number of carbonyl (C=O) groups is 1. The first kappa shape index (κ1) is 19.0. The van der Waals surface area contributed by atoms with Crippen LogP contribution >= 0.6 is 11.5 Å². The van der Waals surface area contributed by atoms with Crippen LogP contribution in [0.3, 0.4) is 0 Å². The molecular weight excluding hydrogens is 373 g/mol. The quantitative estimate of drug-likeness (QED) is 0.847. The molecule has 1 fully saturated rings. The van der Waals surface area contributed by atoms with Gasteiger partial charge < -0.3 is 4.90 Å². The number of likely N-dealkylation sites (tertiary alicyclic amines) is 1. The maximum atomic E-state index is 13.5. The molecule has 0 radical (unpaired) electrons. The lowest BCUT2D eigenvalue weighted by atomic mass is 9.86. The van der Waals surface area contributed by atoms with Crippen molar-refractivity contribution in [1.29, 1.82) is 0 Å². The van der Waals surface area contributed by atoms with Crippen molar-refractivity contribution in [2.45, 2.75) is 36.3 Å². The SMILES string of the molecule is CC(C)(C1CCN(C(=O)Nc2ccns2)CC1)S(=O)c1cccc(F)c1. The number of carbonyl (C=O) groups excluding carboxylic acids is 1. The van der Waals surface area contributed by atoms with E-state index in [-0.39, 0.29) is 17.8 Å². The van der Waals surface area contributed by atoms with Crippen LogP contribution in [0, 0.1) is 11.7 Å². The fraction of sp³-hybridized carbons (Fsp3) is 0.444. The van der Waals surface area contributed by atoms with Gasteiger partial charge in [0.25, 0.3) is 0 Å². The van der Waals surface area contributed by atoms with Gasteiger partial charge in [0.15, 0.2) is 0 Å². The zero-order valence-corrected chi connectivity index (χ0v) is 16.4. The van der Waals surface area contributed by atoms with E-state index in [0.29, 0.717) is 18.0 Å². The van der Waals surface area contributed by atoms with Gasteiger partial charge in [-0.05, 0) is 68.4 Å². The highest BCUT2D eigenvalue weighted by Gasteiger charge is 2.38. The van der Waals surface area contributed by atoms with Crippen LogP contribution in [0.1, 0.15) is 26.7 Å². The smallest absolute Gasteiger partial charge is 0.322 e. The molecule has 0 spiro atoms. The van der Waals surface area contributed by atoms with Crippen molar-refractivity contribution in [3.05, 3.63) is 42.3 Å². The molecule has 1 N–H and O–H groups in total. The van der Waals surface area contributed by atoms with E-state index < -0.39 is 15.5 Å². The first-order valence-electron chi connectivity index (χ1n) is 8.52. The maximum Gasteiger partial charge on any atom is 0.322 e. The van der Waals surface area contributed by atoms with Crippen LogP contribution in [-0.4, -0.2) is 37.3 Å².